The Kier molecular flexibility index (Phi) is 7.53. The largest absolute Gasteiger partial charge is 0.497 e. The van der Waals surface area contributed by atoms with E-state index in [-0.39, 0.29) is 4.75 Å². The number of hydrogen-bond donors (Lipinski definition) is 1. The first-order valence-electron chi connectivity index (χ1n) is 9.35. The first-order valence-corrected chi connectivity index (χ1v) is 10.7. The molecule has 2 rings (SSSR count). The van der Waals surface area contributed by atoms with Gasteiger partial charge in [-0.2, -0.15) is 0 Å². The molecule has 0 bridgehead atoms. The maximum absolute atomic E-state index is 12.2. The molecule has 1 aromatic rings. The third-order valence-corrected chi connectivity index (χ3v) is 6.74. The third kappa shape index (κ3) is 5.86. The molecular weight excluding hydrogens is 362 g/mol. The van der Waals surface area contributed by atoms with Gasteiger partial charge >= 0.3 is 0 Å². The Morgan fingerprint density at radius 3 is 2.41 bits per heavy atom. The predicted octanol–water partition coefficient (Wildman–Crippen LogP) is 2.62. The maximum Gasteiger partial charge on any atom is 0.193 e. The van der Waals surface area contributed by atoms with Gasteiger partial charge < -0.3 is 19.7 Å². The van der Waals surface area contributed by atoms with E-state index in [9.17, 15) is 4.21 Å². The lowest BCUT2D eigenvalue weighted by molar-refractivity contribution is 0.392. The minimum absolute atomic E-state index is 0.185. The highest BCUT2D eigenvalue weighted by Crippen LogP contribution is 2.32. The molecule has 1 N–H and O–H groups in total. The average molecular weight is 396 g/mol. The topological polar surface area (TPSA) is 63.2 Å². The maximum atomic E-state index is 12.2. The highest BCUT2D eigenvalue weighted by atomic mass is 32.2. The zero-order valence-corrected chi connectivity index (χ0v) is 18.2. The Balaban J connectivity index is 1.96. The van der Waals surface area contributed by atoms with E-state index in [0.29, 0.717) is 18.2 Å². The van der Waals surface area contributed by atoms with Crippen molar-refractivity contribution in [2.24, 2.45) is 4.99 Å². The minimum atomic E-state index is -0.865. The molecule has 7 heteroatoms. The molecule has 1 aromatic carbocycles. The summed E-state index contributed by atoms with van der Waals surface area (Å²) in [4.78, 5) is 6.67. The van der Waals surface area contributed by atoms with Crippen LogP contribution >= 0.6 is 0 Å². The number of nitrogens with zero attached hydrogens (tertiary/aromatic N) is 2. The van der Waals surface area contributed by atoms with Crippen LogP contribution in [0.4, 0.5) is 0 Å². The van der Waals surface area contributed by atoms with Crippen LogP contribution in [0.1, 0.15) is 38.7 Å². The van der Waals surface area contributed by atoms with Crippen molar-refractivity contribution < 1.29 is 13.7 Å². The minimum Gasteiger partial charge on any atom is -0.497 e. The van der Waals surface area contributed by atoms with Gasteiger partial charge in [0.2, 0.25) is 0 Å². The summed E-state index contributed by atoms with van der Waals surface area (Å²) in [6.07, 6.45) is 1.05. The number of guanidine groups is 1. The molecule has 6 nitrogen and oxygen atoms in total. The predicted molar refractivity (Wildman–Crippen MR) is 113 cm³/mol. The van der Waals surface area contributed by atoms with Crippen LogP contribution in [-0.4, -0.2) is 66.5 Å². The van der Waals surface area contributed by atoms with Crippen LogP contribution in [0.2, 0.25) is 0 Å². The van der Waals surface area contributed by atoms with Crippen LogP contribution in [0.25, 0.3) is 0 Å². The molecule has 0 radical (unpaired) electrons. The summed E-state index contributed by atoms with van der Waals surface area (Å²) < 4.78 is 22.8. The van der Waals surface area contributed by atoms with Crippen molar-refractivity contribution in [3.8, 4) is 11.5 Å². The fourth-order valence-corrected chi connectivity index (χ4v) is 4.08. The first-order chi connectivity index (χ1) is 12.8. The van der Waals surface area contributed by atoms with Crippen LogP contribution in [0.3, 0.4) is 0 Å². The smallest absolute Gasteiger partial charge is 0.193 e. The monoisotopic (exact) mass is 395 g/mol. The van der Waals surface area contributed by atoms with Crippen LogP contribution in [0, 0.1) is 0 Å². The van der Waals surface area contributed by atoms with Crippen LogP contribution in [0.5, 0.6) is 11.5 Å². The molecule has 27 heavy (non-hydrogen) atoms. The molecule has 1 heterocycles. The summed E-state index contributed by atoms with van der Waals surface area (Å²) in [5.74, 6) is 3.52. The van der Waals surface area contributed by atoms with Crippen molar-refractivity contribution in [3.63, 3.8) is 0 Å². The lowest BCUT2D eigenvalue weighted by Gasteiger charge is -2.23. The third-order valence-electron chi connectivity index (χ3n) is 4.80. The molecule has 2 unspecified atom stereocenters. The van der Waals surface area contributed by atoms with Crippen molar-refractivity contribution in [1.29, 1.82) is 0 Å². The molecule has 0 aliphatic carbocycles. The lowest BCUT2D eigenvalue weighted by atomic mass is 9.98. The van der Waals surface area contributed by atoms with Gasteiger partial charge in [0.05, 0.1) is 14.2 Å². The van der Waals surface area contributed by atoms with Crippen molar-refractivity contribution in [1.82, 2.24) is 10.2 Å². The van der Waals surface area contributed by atoms with Gasteiger partial charge in [0.25, 0.3) is 0 Å². The SMILES string of the molecule is CN=C(NCCS(=O)C(C)(C)C)N1CCC(c2cc(OC)cc(OC)c2)C1. The first kappa shape index (κ1) is 21.5. The lowest BCUT2D eigenvalue weighted by Crippen LogP contribution is -2.42. The van der Waals surface area contributed by atoms with Crippen molar-refractivity contribution in [3.05, 3.63) is 23.8 Å². The van der Waals surface area contributed by atoms with E-state index < -0.39 is 10.8 Å². The molecule has 0 saturated carbocycles. The van der Waals surface area contributed by atoms with Gasteiger partial charge in [-0.15, -0.1) is 0 Å². The molecule has 152 valence electrons. The van der Waals surface area contributed by atoms with Crippen LogP contribution in [-0.2, 0) is 10.8 Å². The second kappa shape index (κ2) is 9.44. The number of ether oxygens (including phenoxy) is 2. The highest BCUT2D eigenvalue weighted by molar-refractivity contribution is 7.86. The van der Waals surface area contributed by atoms with E-state index in [0.717, 1.165) is 37.0 Å². The molecule has 1 aliphatic rings. The van der Waals surface area contributed by atoms with Crippen molar-refractivity contribution in [2.75, 3.05) is 46.7 Å². The van der Waals surface area contributed by atoms with Crippen LogP contribution in [0.15, 0.2) is 23.2 Å². The number of aliphatic imine (C=N–C) groups is 1. The van der Waals surface area contributed by atoms with Gasteiger partial charge in [0.1, 0.15) is 11.5 Å². The van der Waals surface area contributed by atoms with Gasteiger partial charge in [0.15, 0.2) is 5.96 Å². The number of rotatable bonds is 6. The normalized spacial score (nSPS) is 19.1. The number of likely N-dealkylation sites (tertiary alicyclic amines) is 1. The molecule has 1 fully saturated rings. The Bertz CT molecular complexity index is 663. The standard InChI is InChI=1S/C20H33N3O3S/c1-20(2,3)27(24)10-8-22-19(21-4)23-9-7-15(14-23)16-11-17(25-5)13-18(12-16)26-6/h11-13,15H,7-10,14H2,1-6H3,(H,21,22). The number of benzene rings is 1. The fraction of sp³-hybridized carbons (Fsp3) is 0.650. The summed E-state index contributed by atoms with van der Waals surface area (Å²) in [5.41, 5.74) is 1.22. The van der Waals surface area contributed by atoms with E-state index in [1.54, 1.807) is 21.3 Å². The Morgan fingerprint density at radius 2 is 1.89 bits per heavy atom. The second-order valence-corrected chi connectivity index (χ2v) is 10.0. The highest BCUT2D eigenvalue weighted by Gasteiger charge is 2.27. The van der Waals surface area contributed by atoms with Crippen LogP contribution < -0.4 is 14.8 Å². The summed E-state index contributed by atoms with van der Waals surface area (Å²) in [7, 11) is 4.28. The van der Waals surface area contributed by atoms with E-state index in [2.05, 4.69) is 27.3 Å². The van der Waals surface area contributed by atoms with E-state index >= 15 is 0 Å². The molecule has 1 saturated heterocycles. The van der Waals surface area contributed by atoms with Gasteiger partial charge in [0, 0.05) is 60.0 Å². The molecule has 0 amide bonds. The summed E-state index contributed by atoms with van der Waals surface area (Å²) in [5, 5.41) is 3.36. The zero-order chi connectivity index (χ0) is 20.0. The molecule has 1 aliphatic heterocycles. The van der Waals surface area contributed by atoms with Gasteiger partial charge in [-0.3, -0.25) is 9.20 Å². The van der Waals surface area contributed by atoms with Gasteiger partial charge in [-0.1, -0.05) is 0 Å². The molecular formula is C20H33N3O3S. The summed E-state index contributed by atoms with van der Waals surface area (Å²) in [6, 6.07) is 6.06. The van der Waals surface area contributed by atoms with Gasteiger partial charge in [-0.05, 0) is 44.9 Å². The van der Waals surface area contributed by atoms with E-state index in [4.69, 9.17) is 9.47 Å². The zero-order valence-electron chi connectivity index (χ0n) is 17.4. The summed E-state index contributed by atoms with van der Waals surface area (Å²) in [6.45, 7) is 8.50. The average Bonchev–Trinajstić information content (AvgIpc) is 3.13. The van der Waals surface area contributed by atoms with Crippen molar-refractivity contribution in [2.45, 2.75) is 37.9 Å². The second-order valence-electron chi connectivity index (χ2n) is 7.71. The molecule has 0 aromatic heterocycles. The van der Waals surface area contributed by atoms with E-state index in [1.807, 2.05) is 26.8 Å². The summed E-state index contributed by atoms with van der Waals surface area (Å²) >= 11 is 0. The quantitative estimate of drug-likeness (QED) is 0.593. The Labute approximate surface area is 165 Å². The Morgan fingerprint density at radius 1 is 1.26 bits per heavy atom. The van der Waals surface area contributed by atoms with E-state index in [1.165, 1.54) is 5.56 Å². The fourth-order valence-electron chi connectivity index (χ4n) is 3.18. The van der Waals surface area contributed by atoms with Crippen molar-refractivity contribution >= 4 is 16.8 Å². The molecule has 0 spiro atoms. The van der Waals surface area contributed by atoms with Gasteiger partial charge in [-0.25, -0.2) is 0 Å². The number of methoxy groups -OCH3 is 2. The number of hydrogen-bond acceptors (Lipinski definition) is 4. The number of nitrogens with one attached hydrogen (secondary N) is 1. The molecule has 2 atom stereocenters. The Hall–Kier alpha value is -1.76.